The molecule has 1 heterocycles. The van der Waals surface area contributed by atoms with Crippen molar-refractivity contribution in [2.24, 2.45) is 0 Å². The van der Waals surface area contributed by atoms with E-state index in [0.29, 0.717) is 5.56 Å². The molecule has 2 aromatic rings. The van der Waals surface area contributed by atoms with E-state index in [-0.39, 0.29) is 10.8 Å². The molecule has 18 heavy (non-hydrogen) atoms. The zero-order chi connectivity index (χ0) is 13.3. The van der Waals surface area contributed by atoms with Gasteiger partial charge in [0.05, 0.1) is 4.90 Å². The smallest absolute Gasteiger partial charge is 0.393 e. The summed E-state index contributed by atoms with van der Waals surface area (Å²) in [6.45, 7) is 0. The van der Waals surface area contributed by atoms with Crippen LogP contribution in [0.3, 0.4) is 0 Å². The van der Waals surface area contributed by atoms with Gasteiger partial charge in [-0.2, -0.15) is 0 Å². The number of hydrogen-bond donors (Lipinski definition) is 1. The number of carbonyl (C=O) groups is 1. The van der Waals surface area contributed by atoms with Gasteiger partial charge in [-0.25, -0.2) is 13.2 Å². The summed E-state index contributed by atoms with van der Waals surface area (Å²) in [7, 11) is -3.35. The van der Waals surface area contributed by atoms with Crippen molar-refractivity contribution in [2.75, 3.05) is 6.26 Å². The minimum Gasteiger partial charge on any atom is -0.474 e. The van der Waals surface area contributed by atoms with Crippen molar-refractivity contribution in [3.05, 3.63) is 30.2 Å². The Morgan fingerprint density at radius 2 is 2.06 bits per heavy atom. The second-order valence-corrected chi connectivity index (χ2v) is 5.53. The van der Waals surface area contributed by atoms with Gasteiger partial charge < -0.3 is 9.52 Å². The maximum absolute atomic E-state index is 11.4. The van der Waals surface area contributed by atoms with Crippen LogP contribution in [0.4, 0.5) is 0 Å². The van der Waals surface area contributed by atoms with Crippen LogP contribution >= 0.6 is 0 Å². The SMILES string of the molecule is CS(=O)(=O)c1cccc(-c2nnc(C(=O)O)o2)c1. The average molecular weight is 268 g/mol. The van der Waals surface area contributed by atoms with E-state index in [1.165, 1.54) is 18.2 Å². The standard InChI is InChI=1S/C10H8N2O5S/c1-18(15,16)7-4-2-3-6(5-7)8-11-12-9(17-8)10(13)14/h2-5H,1H3,(H,13,14). The molecule has 0 saturated heterocycles. The van der Waals surface area contributed by atoms with E-state index in [2.05, 4.69) is 10.2 Å². The first-order chi connectivity index (χ1) is 8.38. The van der Waals surface area contributed by atoms with Gasteiger partial charge in [0.2, 0.25) is 5.89 Å². The molecular formula is C10H8N2O5S. The van der Waals surface area contributed by atoms with Crippen LogP contribution in [0, 0.1) is 0 Å². The molecule has 0 fully saturated rings. The predicted octanol–water partition coefficient (Wildman–Crippen LogP) is 0.838. The molecule has 0 aliphatic carbocycles. The summed E-state index contributed by atoms with van der Waals surface area (Å²) >= 11 is 0. The maximum atomic E-state index is 11.4. The van der Waals surface area contributed by atoms with Gasteiger partial charge in [-0.05, 0) is 18.2 Å². The largest absolute Gasteiger partial charge is 0.474 e. The molecule has 1 aromatic heterocycles. The monoisotopic (exact) mass is 268 g/mol. The van der Waals surface area contributed by atoms with Crippen LogP contribution in [-0.4, -0.2) is 35.9 Å². The van der Waals surface area contributed by atoms with E-state index >= 15 is 0 Å². The Labute approximate surface area is 102 Å². The fourth-order valence-corrected chi connectivity index (χ4v) is 1.95. The summed E-state index contributed by atoms with van der Waals surface area (Å²) in [6, 6.07) is 5.83. The fourth-order valence-electron chi connectivity index (χ4n) is 1.29. The van der Waals surface area contributed by atoms with Crippen LogP contribution in [-0.2, 0) is 9.84 Å². The molecule has 2 rings (SSSR count). The van der Waals surface area contributed by atoms with Crippen LogP contribution in [0.25, 0.3) is 11.5 Å². The Balaban J connectivity index is 2.48. The lowest BCUT2D eigenvalue weighted by molar-refractivity contribution is 0.0654. The van der Waals surface area contributed by atoms with Crippen LogP contribution < -0.4 is 0 Å². The van der Waals surface area contributed by atoms with Crippen molar-refractivity contribution in [3.63, 3.8) is 0 Å². The van der Waals surface area contributed by atoms with E-state index in [1.54, 1.807) is 6.07 Å². The molecular weight excluding hydrogens is 260 g/mol. The molecule has 0 radical (unpaired) electrons. The summed E-state index contributed by atoms with van der Waals surface area (Å²) in [6.07, 6.45) is 1.07. The molecule has 1 N–H and O–H groups in total. The van der Waals surface area contributed by atoms with Crippen LogP contribution in [0.5, 0.6) is 0 Å². The second-order valence-electron chi connectivity index (χ2n) is 3.52. The van der Waals surface area contributed by atoms with E-state index < -0.39 is 21.7 Å². The molecule has 0 saturated carbocycles. The lowest BCUT2D eigenvalue weighted by atomic mass is 10.2. The van der Waals surface area contributed by atoms with E-state index in [1.807, 2.05) is 0 Å². The van der Waals surface area contributed by atoms with Gasteiger partial charge in [-0.15, -0.1) is 10.2 Å². The lowest BCUT2D eigenvalue weighted by Gasteiger charge is -1.99. The first kappa shape index (κ1) is 12.2. The minimum atomic E-state index is -3.35. The molecule has 94 valence electrons. The average Bonchev–Trinajstić information content (AvgIpc) is 2.77. The minimum absolute atomic E-state index is 0.0436. The van der Waals surface area contributed by atoms with Gasteiger partial charge in [-0.1, -0.05) is 6.07 Å². The summed E-state index contributed by atoms with van der Waals surface area (Å²) in [5, 5.41) is 15.5. The zero-order valence-electron chi connectivity index (χ0n) is 9.19. The Morgan fingerprint density at radius 3 is 2.61 bits per heavy atom. The number of rotatable bonds is 3. The number of nitrogens with zero attached hydrogens (tertiary/aromatic N) is 2. The van der Waals surface area contributed by atoms with Gasteiger partial charge in [0.25, 0.3) is 0 Å². The highest BCUT2D eigenvalue weighted by atomic mass is 32.2. The van der Waals surface area contributed by atoms with Crippen molar-refractivity contribution < 1.29 is 22.7 Å². The summed E-state index contributed by atoms with van der Waals surface area (Å²) < 4.78 is 27.6. The van der Waals surface area contributed by atoms with Crippen LogP contribution in [0.1, 0.15) is 10.7 Å². The highest BCUT2D eigenvalue weighted by Gasteiger charge is 2.15. The van der Waals surface area contributed by atoms with Crippen LogP contribution in [0.2, 0.25) is 0 Å². The number of aromatic carboxylic acids is 1. The second kappa shape index (κ2) is 4.22. The normalized spacial score (nSPS) is 11.4. The van der Waals surface area contributed by atoms with Crippen molar-refractivity contribution in [3.8, 4) is 11.5 Å². The molecule has 0 unspecified atom stereocenters. The number of carboxylic acids is 1. The molecule has 7 nitrogen and oxygen atoms in total. The molecule has 0 aliphatic rings. The highest BCUT2D eigenvalue weighted by Crippen LogP contribution is 2.21. The number of aromatic nitrogens is 2. The third-order valence-corrected chi connectivity index (χ3v) is 3.23. The molecule has 0 bridgehead atoms. The third-order valence-electron chi connectivity index (χ3n) is 2.12. The highest BCUT2D eigenvalue weighted by molar-refractivity contribution is 7.90. The third kappa shape index (κ3) is 2.38. The molecule has 1 aromatic carbocycles. The number of carboxylic acid groups (broad SMARTS) is 1. The summed E-state index contributed by atoms with van der Waals surface area (Å²) in [5.41, 5.74) is 0.345. The number of sulfone groups is 1. The van der Waals surface area contributed by atoms with Crippen molar-refractivity contribution in [1.82, 2.24) is 10.2 Å². The topological polar surface area (TPSA) is 110 Å². The van der Waals surface area contributed by atoms with Gasteiger partial charge in [0.15, 0.2) is 9.84 Å². The molecule has 0 amide bonds. The van der Waals surface area contributed by atoms with E-state index in [0.717, 1.165) is 6.26 Å². The Bertz CT molecular complexity index is 705. The Kier molecular flexibility index (Phi) is 2.87. The van der Waals surface area contributed by atoms with E-state index in [9.17, 15) is 13.2 Å². The summed E-state index contributed by atoms with van der Waals surface area (Å²) in [5.74, 6) is -1.93. The Hall–Kier alpha value is -2.22. The lowest BCUT2D eigenvalue weighted by Crippen LogP contribution is -1.96. The maximum Gasteiger partial charge on any atom is 0.393 e. The van der Waals surface area contributed by atoms with Gasteiger partial charge in [0.1, 0.15) is 0 Å². The van der Waals surface area contributed by atoms with Crippen molar-refractivity contribution in [2.45, 2.75) is 4.90 Å². The summed E-state index contributed by atoms with van der Waals surface area (Å²) in [4.78, 5) is 10.7. The van der Waals surface area contributed by atoms with E-state index in [4.69, 9.17) is 9.52 Å². The molecule has 0 atom stereocenters. The quantitative estimate of drug-likeness (QED) is 0.877. The Morgan fingerprint density at radius 1 is 1.33 bits per heavy atom. The van der Waals surface area contributed by atoms with Crippen molar-refractivity contribution >= 4 is 15.8 Å². The van der Waals surface area contributed by atoms with Gasteiger partial charge in [-0.3, -0.25) is 0 Å². The fraction of sp³-hybridized carbons (Fsp3) is 0.100. The predicted molar refractivity (Wildman–Crippen MR) is 59.8 cm³/mol. The molecule has 8 heteroatoms. The number of hydrogen-bond acceptors (Lipinski definition) is 6. The first-order valence-electron chi connectivity index (χ1n) is 4.75. The molecule has 0 spiro atoms. The van der Waals surface area contributed by atoms with Crippen molar-refractivity contribution in [1.29, 1.82) is 0 Å². The van der Waals surface area contributed by atoms with Crippen LogP contribution in [0.15, 0.2) is 33.6 Å². The zero-order valence-corrected chi connectivity index (χ0v) is 10.0. The number of benzene rings is 1. The first-order valence-corrected chi connectivity index (χ1v) is 6.64. The van der Waals surface area contributed by atoms with Gasteiger partial charge in [0, 0.05) is 11.8 Å². The molecule has 0 aliphatic heterocycles. The van der Waals surface area contributed by atoms with Gasteiger partial charge >= 0.3 is 11.9 Å².